The minimum Gasteiger partial charge on any atom is -0.488 e. The molecular weight excluding hydrogens is 611 g/mol. The Hall–Kier alpha value is -2.22. The van der Waals surface area contributed by atoms with Gasteiger partial charge in [0.25, 0.3) is 0 Å². The molecule has 2 aromatic carbocycles. The van der Waals surface area contributed by atoms with Crippen LogP contribution in [0.25, 0.3) is 0 Å². The Bertz CT molecular complexity index is 1170. The van der Waals surface area contributed by atoms with Gasteiger partial charge in [0.1, 0.15) is 11.6 Å². The molecule has 0 aliphatic heterocycles. The van der Waals surface area contributed by atoms with Crippen LogP contribution in [-0.2, 0) is 18.9 Å². The molecule has 0 amide bonds. The Morgan fingerprint density at radius 2 is 1.39 bits per heavy atom. The van der Waals surface area contributed by atoms with E-state index in [2.05, 4.69) is 10.3 Å². The molecule has 0 spiro atoms. The number of nitrogens with zero attached hydrogens (tertiary/aromatic N) is 1. The number of hydrogen-bond acceptors (Lipinski definition) is 10. The molecular formula is C28H32Cl2N2O7S2. The van der Waals surface area contributed by atoms with E-state index in [1.807, 2.05) is 18.2 Å². The molecule has 0 atom stereocenters. The lowest BCUT2D eigenvalue weighted by molar-refractivity contribution is -0.00318. The number of aromatic nitrogens is 1. The van der Waals surface area contributed by atoms with E-state index in [0.29, 0.717) is 80.0 Å². The zero-order chi connectivity index (χ0) is 29.1. The zero-order valence-electron chi connectivity index (χ0n) is 22.3. The molecule has 1 aromatic heterocycles. The molecule has 2 N–H and O–H groups in total. The molecule has 0 bridgehead atoms. The van der Waals surface area contributed by atoms with Crippen LogP contribution < -0.4 is 10.1 Å². The predicted molar refractivity (Wildman–Crippen MR) is 164 cm³/mol. The number of benzene rings is 2. The number of nitrogens with one attached hydrogen (secondary N) is 1. The number of hydrogen-bond donors (Lipinski definition) is 2. The van der Waals surface area contributed by atoms with E-state index in [9.17, 15) is 9.90 Å². The van der Waals surface area contributed by atoms with E-state index < -0.39 is 5.97 Å². The van der Waals surface area contributed by atoms with Gasteiger partial charge in [0.15, 0.2) is 5.75 Å². The molecule has 3 rings (SSSR count). The number of halogens is 2. The number of aromatic carboxylic acids is 1. The minimum atomic E-state index is -1.04. The highest BCUT2D eigenvalue weighted by Crippen LogP contribution is 2.37. The van der Waals surface area contributed by atoms with E-state index in [-0.39, 0.29) is 12.2 Å². The fraction of sp³-hybridized carbons (Fsp3) is 0.357. The summed E-state index contributed by atoms with van der Waals surface area (Å²) in [5.41, 5.74) is 1.10. The number of anilines is 2. The Kier molecular flexibility index (Phi) is 16.1. The van der Waals surface area contributed by atoms with Crippen LogP contribution >= 0.6 is 44.8 Å². The molecule has 0 unspecified atom stereocenters. The second-order valence-corrected chi connectivity index (χ2v) is 11.4. The Morgan fingerprint density at radius 1 is 0.805 bits per heavy atom. The summed E-state index contributed by atoms with van der Waals surface area (Å²) in [6.07, 6.45) is 1.79. The molecule has 0 saturated heterocycles. The maximum absolute atomic E-state index is 11.4. The van der Waals surface area contributed by atoms with E-state index >= 15 is 0 Å². The van der Waals surface area contributed by atoms with E-state index in [1.54, 1.807) is 58.1 Å². The van der Waals surface area contributed by atoms with Gasteiger partial charge in [0, 0.05) is 17.6 Å². The van der Waals surface area contributed by atoms with Gasteiger partial charge in [-0.3, -0.25) is 0 Å². The third-order valence-electron chi connectivity index (χ3n) is 5.12. The number of carbonyl (C=O) groups is 1. The van der Waals surface area contributed by atoms with Crippen molar-refractivity contribution in [2.24, 2.45) is 0 Å². The quantitative estimate of drug-likeness (QED) is 0.0955. The first-order valence-electron chi connectivity index (χ1n) is 12.8. The van der Waals surface area contributed by atoms with Gasteiger partial charge in [-0.15, -0.1) is 0 Å². The number of carboxylic acid groups (broad SMARTS) is 1. The molecule has 0 saturated carbocycles. The predicted octanol–water partition coefficient (Wildman–Crippen LogP) is 6.72. The van der Waals surface area contributed by atoms with Crippen LogP contribution in [0, 0.1) is 0 Å². The van der Waals surface area contributed by atoms with Crippen molar-refractivity contribution in [3.8, 4) is 5.75 Å². The van der Waals surface area contributed by atoms with Crippen molar-refractivity contribution in [3.63, 3.8) is 0 Å². The van der Waals surface area contributed by atoms with Crippen LogP contribution in [0.2, 0.25) is 10.0 Å². The van der Waals surface area contributed by atoms with Crippen LogP contribution in [0.1, 0.15) is 10.4 Å². The van der Waals surface area contributed by atoms with Crippen LogP contribution in [0.4, 0.5) is 11.4 Å². The van der Waals surface area contributed by atoms with Crippen LogP contribution in [-0.4, -0.2) is 81.3 Å². The van der Waals surface area contributed by atoms with Crippen LogP contribution in [0.3, 0.4) is 0 Å². The van der Waals surface area contributed by atoms with Crippen molar-refractivity contribution >= 4 is 62.1 Å². The normalized spacial score (nSPS) is 11.0. The highest BCUT2D eigenvalue weighted by molar-refractivity contribution is 8.76. The van der Waals surface area contributed by atoms with Gasteiger partial charge in [-0.25, -0.2) is 9.78 Å². The first-order valence-corrected chi connectivity index (χ1v) is 15.8. The Balaban J connectivity index is 1.16. The summed E-state index contributed by atoms with van der Waals surface area (Å²) in [7, 11) is 3.35. The Morgan fingerprint density at radius 3 is 2.00 bits per heavy atom. The van der Waals surface area contributed by atoms with Gasteiger partial charge in [-0.05, 0) is 47.2 Å². The third kappa shape index (κ3) is 13.1. The van der Waals surface area contributed by atoms with E-state index in [0.717, 1.165) is 10.8 Å². The number of para-hydroxylation sites is 1. The number of rotatable bonds is 21. The molecule has 13 heteroatoms. The summed E-state index contributed by atoms with van der Waals surface area (Å²) in [6.45, 7) is 4.11. The summed E-state index contributed by atoms with van der Waals surface area (Å²) >= 11 is 12.7. The van der Waals surface area contributed by atoms with Crippen LogP contribution in [0.5, 0.6) is 5.75 Å². The smallest absolute Gasteiger partial charge is 0.337 e. The second-order valence-electron chi connectivity index (χ2n) is 8.12. The summed E-state index contributed by atoms with van der Waals surface area (Å²) in [5, 5.41) is 14.0. The number of ether oxygens (including phenoxy) is 5. The molecule has 1 heterocycles. The molecule has 9 nitrogen and oxygen atoms in total. The molecule has 0 aliphatic carbocycles. The summed E-state index contributed by atoms with van der Waals surface area (Å²) in [6, 6.07) is 15.7. The van der Waals surface area contributed by atoms with E-state index in [1.165, 1.54) is 6.07 Å². The third-order valence-corrected chi connectivity index (χ3v) is 7.91. The van der Waals surface area contributed by atoms with Crippen LogP contribution in [0.15, 0.2) is 65.8 Å². The fourth-order valence-electron chi connectivity index (χ4n) is 3.26. The fourth-order valence-corrected chi connectivity index (χ4v) is 5.60. The van der Waals surface area contributed by atoms with Gasteiger partial charge in [0.05, 0.1) is 74.2 Å². The van der Waals surface area contributed by atoms with Crippen molar-refractivity contribution in [2.75, 3.05) is 70.5 Å². The minimum absolute atomic E-state index is 0.136. The number of carboxylic acids is 1. The van der Waals surface area contributed by atoms with Crippen molar-refractivity contribution in [1.82, 2.24) is 4.98 Å². The second kappa shape index (κ2) is 19.8. The summed E-state index contributed by atoms with van der Waals surface area (Å²) in [4.78, 5) is 15.7. The molecule has 222 valence electrons. The molecule has 3 aromatic rings. The Labute approximate surface area is 257 Å². The first-order chi connectivity index (χ1) is 20.0. The monoisotopic (exact) mass is 642 g/mol. The maximum atomic E-state index is 11.4. The van der Waals surface area contributed by atoms with Crippen molar-refractivity contribution in [1.29, 1.82) is 0 Å². The zero-order valence-corrected chi connectivity index (χ0v) is 25.4. The SMILES string of the molecule is O=C(O)c1ccccc1Nc1cc(Cl)c(OCCOCCOCCOCCOCCSSc2ccccn2)c(Cl)c1. The molecule has 0 fully saturated rings. The van der Waals surface area contributed by atoms with Crippen molar-refractivity contribution < 1.29 is 33.6 Å². The lowest BCUT2D eigenvalue weighted by Gasteiger charge is -2.14. The highest BCUT2D eigenvalue weighted by atomic mass is 35.5. The van der Waals surface area contributed by atoms with Gasteiger partial charge < -0.3 is 34.1 Å². The highest BCUT2D eigenvalue weighted by Gasteiger charge is 2.13. The van der Waals surface area contributed by atoms with Gasteiger partial charge in [-0.2, -0.15) is 0 Å². The van der Waals surface area contributed by atoms with Gasteiger partial charge in [-0.1, -0.05) is 52.2 Å². The maximum Gasteiger partial charge on any atom is 0.337 e. The molecule has 0 radical (unpaired) electrons. The average Bonchev–Trinajstić information content (AvgIpc) is 2.96. The molecule has 0 aliphatic rings. The lowest BCUT2D eigenvalue weighted by Crippen LogP contribution is -2.14. The largest absolute Gasteiger partial charge is 0.488 e. The van der Waals surface area contributed by atoms with Gasteiger partial charge in [0.2, 0.25) is 0 Å². The first kappa shape index (κ1) is 33.3. The summed E-state index contributed by atoms with van der Waals surface area (Å²) in [5.74, 6) is 0.168. The summed E-state index contributed by atoms with van der Waals surface area (Å²) < 4.78 is 27.7. The number of pyridine rings is 1. The average molecular weight is 644 g/mol. The van der Waals surface area contributed by atoms with Crippen molar-refractivity contribution in [3.05, 3.63) is 76.4 Å². The standard InChI is InChI=1S/C28H32Cl2N2O7S2/c29-23-19-21(32-25-6-2-1-5-22(25)28(33)34)20-24(30)27(23)39-16-15-37-12-11-35-9-10-36-13-14-38-17-18-40-41-26-7-3-4-8-31-26/h1-8,19-20,32H,9-18H2,(H,33,34). The topological polar surface area (TPSA) is 108 Å². The molecule has 41 heavy (non-hydrogen) atoms. The van der Waals surface area contributed by atoms with E-state index in [4.69, 9.17) is 46.9 Å². The van der Waals surface area contributed by atoms with Gasteiger partial charge >= 0.3 is 5.97 Å². The van der Waals surface area contributed by atoms with Crippen molar-refractivity contribution in [2.45, 2.75) is 5.03 Å². The lowest BCUT2D eigenvalue weighted by atomic mass is 10.1.